The van der Waals surface area contributed by atoms with Crippen LogP contribution in [0.4, 0.5) is 0 Å². The van der Waals surface area contributed by atoms with Gasteiger partial charge in [-0.15, -0.1) is 0 Å². The first-order valence-electron chi connectivity index (χ1n) is 12.0. The van der Waals surface area contributed by atoms with E-state index in [1.807, 2.05) is 31.3 Å². The van der Waals surface area contributed by atoms with Crippen LogP contribution in [0.1, 0.15) is 85.2 Å². The van der Waals surface area contributed by atoms with Gasteiger partial charge in [0.2, 0.25) is 0 Å². The molecule has 4 heteroatoms. The summed E-state index contributed by atoms with van der Waals surface area (Å²) in [6.07, 6.45) is 7.31. The summed E-state index contributed by atoms with van der Waals surface area (Å²) in [4.78, 5) is 19.8. The summed E-state index contributed by atoms with van der Waals surface area (Å²) < 4.78 is 0. The van der Waals surface area contributed by atoms with E-state index >= 15 is 0 Å². The largest absolute Gasteiger partial charge is 0.346 e. The number of carbonyl (C=O) groups excluding carboxylic acids is 1. The highest BCUT2D eigenvalue weighted by atomic mass is 16.1. The molecule has 1 aromatic carbocycles. The molecule has 166 valence electrons. The second-order valence-electron chi connectivity index (χ2n) is 10.2. The lowest BCUT2D eigenvalue weighted by atomic mass is 9.82. The molecule has 1 saturated carbocycles. The molecule has 0 unspecified atom stereocenters. The van der Waals surface area contributed by atoms with E-state index in [1.165, 1.54) is 43.4 Å². The van der Waals surface area contributed by atoms with Gasteiger partial charge in [0.15, 0.2) is 0 Å². The van der Waals surface area contributed by atoms with Crippen LogP contribution in [0.5, 0.6) is 0 Å². The van der Waals surface area contributed by atoms with Gasteiger partial charge >= 0.3 is 0 Å². The van der Waals surface area contributed by atoms with Crippen molar-refractivity contribution in [1.82, 2.24) is 15.2 Å². The molecule has 0 saturated heterocycles. The zero-order valence-corrected chi connectivity index (χ0v) is 19.5. The molecule has 0 bridgehead atoms. The van der Waals surface area contributed by atoms with E-state index in [4.69, 9.17) is 0 Å². The lowest BCUT2D eigenvalue weighted by Gasteiger charge is -2.34. The van der Waals surface area contributed by atoms with Gasteiger partial charge in [-0.2, -0.15) is 0 Å². The van der Waals surface area contributed by atoms with Crippen LogP contribution in [0.2, 0.25) is 0 Å². The van der Waals surface area contributed by atoms with Crippen molar-refractivity contribution in [1.29, 1.82) is 0 Å². The number of hydrogen-bond donors (Lipinski definition) is 1. The lowest BCUT2D eigenvalue weighted by Crippen LogP contribution is -2.32. The Labute approximate surface area is 187 Å². The minimum absolute atomic E-state index is 0.0222. The fourth-order valence-corrected chi connectivity index (χ4v) is 5.36. The summed E-state index contributed by atoms with van der Waals surface area (Å²) in [5.41, 5.74) is 5.50. The smallest absolute Gasteiger partial charge is 0.251 e. The average molecular weight is 420 g/mol. The second-order valence-corrected chi connectivity index (χ2v) is 10.2. The maximum absolute atomic E-state index is 12.8. The topological polar surface area (TPSA) is 45.2 Å². The summed E-state index contributed by atoms with van der Waals surface area (Å²) in [5.74, 6) is 2.25. The number of pyridine rings is 1. The number of carbonyl (C=O) groups is 1. The van der Waals surface area contributed by atoms with E-state index < -0.39 is 0 Å². The molecule has 0 spiro atoms. The van der Waals surface area contributed by atoms with E-state index in [2.05, 4.69) is 48.1 Å². The summed E-state index contributed by atoms with van der Waals surface area (Å²) >= 11 is 0. The maximum atomic E-state index is 12.8. The van der Waals surface area contributed by atoms with E-state index in [0.717, 1.165) is 35.2 Å². The first-order chi connectivity index (χ1) is 14.9. The van der Waals surface area contributed by atoms with Crippen LogP contribution in [0.3, 0.4) is 0 Å². The molecule has 2 aliphatic rings. The predicted octanol–water partition coefficient (Wildman–Crippen LogP) is 5.66. The quantitative estimate of drug-likeness (QED) is 0.657. The van der Waals surface area contributed by atoms with E-state index in [1.54, 1.807) is 0 Å². The molecule has 1 atom stereocenters. The number of rotatable bonds is 6. The molecule has 2 aromatic rings. The highest BCUT2D eigenvalue weighted by Crippen LogP contribution is 2.41. The third-order valence-corrected chi connectivity index (χ3v) is 7.15. The van der Waals surface area contributed by atoms with Crippen LogP contribution in [-0.2, 0) is 13.1 Å². The van der Waals surface area contributed by atoms with Crippen LogP contribution in [0.15, 0.2) is 36.5 Å². The van der Waals surface area contributed by atoms with Crippen molar-refractivity contribution in [2.24, 2.45) is 17.8 Å². The highest BCUT2D eigenvalue weighted by Gasteiger charge is 2.34. The Morgan fingerprint density at radius 3 is 2.61 bits per heavy atom. The Hall–Kier alpha value is -2.20. The number of fused-ring (bicyclic) bond motifs is 1. The maximum Gasteiger partial charge on any atom is 0.251 e. The molecule has 0 radical (unpaired) electrons. The van der Waals surface area contributed by atoms with Gasteiger partial charge in [0.1, 0.15) is 0 Å². The molecule has 31 heavy (non-hydrogen) atoms. The zero-order chi connectivity index (χ0) is 22.0. The van der Waals surface area contributed by atoms with Crippen molar-refractivity contribution in [3.05, 3.63) is 64.5 Å². The third-order valence-electron chi connectivity index (χ3n) is 7.15. The number of nitrogens with one attached hydrogen (secondary N) is 1. The Kier molecular flexibility index (Phi) is 6.76. The molecule has 1 aromatic heterocycles. The number of amides is 1. The van der Waals surface area contributed by atoms with Crippen molar-refractivity contribution in [3.63, 3.8) is 0 Å². The van der Waals surface area contributed by atoms with Gasteiger partial charge in [-0.1, -0.05) is 45.7 Å². The minimum atomic E-state index is -0.0222. The number of benzene rings is 1. The van der Waals surface area contributed by atoms with Crippen molar-refractivity contribution >= 4 is 5.91 Å². The standard InChI is InChI=1S/C27H37N3O/c1-18(2)26-25-12-10-22(27(31)29-15-24-11-7-20(4)14-28-24)13-23(25)17-30(26)16-21-8-5-19(3)6-9-21/h7,10-14,18-19,21,26H,5-6,8-9,15-17H2,1-4H3,(H,29,31)/t19?,21?,26-/m1/s1. The molecule has 1 aliphatic carbocycles. The predicted molar refractivity (Wildman–Crippen MR) is 126 cm³/mol. The van der Waals surface area contributed by atoms with Crippen LogP contribution in [0, 0.1) is 24.7 Å². The average Bonchev–Trinajstić information content (AvgIpc) is 3.12. The monoisotopic (exact) mass is 419 g/mol. The normalized spacial score (nSPS) is 23.7. The van der Waals surface area contributed by atoms with Crippen molar-refractivity contribution in [2.75, 3.05) is 6.54 Å². The Morgan fingerprint density at radius 2 is 1.94 bits per heavy atom. The van der Waals surface area contributed by atoms with Gasteiger partial charge in [-0.05, 0) is 72.4 Å². The fourth-order valence-electron chi connectivity index (χ4n) is 5.36. The molecule has 4 rings (SSSR count). The van der Waals surface area contributed by atoms with Crippen LogP contribution in [0.25, 0.3) is 0 Å². The van der Waals surface area contributed by atoms with Crippen LogP contribution in [-0.4, -0.2) is 22.3 Å². The number of hydrogen-bond acceptors (Lipinski definition) is 3. The number of aryl methyl sites for hydroxylation is 1. The van der Waals surface area contributed by atoms with Crippen molar-refractivity contribution < 1.29 is 4.79 Å². The molecule has 4 nitrogen and oxygen atoms in total. The number of nitrogens with zero attached hydrogens (tertiary/aromatic N) is 2. The van der Waals surface area contributed by atoms with E-state index in [9.17, 15) is 4.79 Å². The molecule has 1 aliphatic heterocycles. The van der Waals surface area contributed by atoms with Crippen molar-refractivity contribution in [3.8, 4) is 0 Å². The first kappa shape index (κ1) is 22.0. The molecular formula is C27H37N3O. The fraction of sp³-hybridized carbons (Fsp3) is 0.556. The molecule has 1 fully saturated rings. The summed E-state index contributed by atoms with van der Waals surface area (Å²) in [6.45, 7) is 11.7. The highest BCUT2D eigenvalue weighted by molar-refractivity contribution is 5.94. The molecule has 2 heterocycles. The van der Waals surface area contributed by atoms with E-state index in [0.29, 0.717) is 18.5 Å². The van der Waals surface area contributed by atoms with Gasteiger partial charge in [-0.3, -0.25) is 14.7 Å². The van der Waals surface area contributed by atoms with Gasteiger partial charge in [0.05, 0.1) is 12.2 Å². The first-order valence-corrected chi connectivity index (χ1v) is 12.0. The van der Waals surface area contributed by atoms with Gasteiger partial charge in [-0.25, -0.2) is 0 Å². The van der Waals surface area contributed by atoms with Gasteiger partial charge < -0.3 is 5.32 Å². The molecule has 1 N–H and O–H groups in total. The molecule has 1 amide bonds. The Balaban J connectivity index is 1.43. The molecular weight excluding hydrogens is 382 g/mol. The third kappa shape index (κ3) is 5.17. The Bertz CT molecular complexity index is 897. The van der Waals surface area contributed by atoms with Gasteiger partial charge in [0.25, 0.3) is 5.91 Å². The minimum Gasteiger partial charge on any atom is -0.346 e. The second kappa shape index (κ2) is 9.52. The zero-order valence-electron chi connectivity index (χ0n) is 19.5. The SMILES string of the molecule is Cc1ccc(CNC(=O)c2ccc3c(c2)CN(CC2CCC(C)CC2)[C@@H]3C(C)C)nc1. The summed E-state index contributed by atoms with van der Waals surface area (Å²) in [6, 6.07) is 10.8. The summed E-state index contributed by atoms with van der Waals surface area (Å²) in [5, 5.41) is 3.03. The Morgan fingerprint density at radius 1 is 1.16 bits per heavy atom. The number of aromatic nitrogens is 1. The summed E-state index contributed by atoms with van der Waals surface area (Å²) in [7, 11) is 0. The van der Waals surface area contributed by atoms with E-state index in [-0.39, 0.29) is 5.91 Å². The van der Waals surface area contributed by atoms with Crippen LogP contribution < -0.4 is 5.32 Å². The van der Waals surface area contributed by atoms with Crippen molar-refractivity contribution in [2.45, 2.75) is 72.5 Å². The van der Waals surface area contributed by atoms with Gasteiger partial charge in [0, 0.05) is 30.9 Å². The van der Waals surface area contributed by atoms with Crippen LogP contribution >= 0.6 is 0 Å². The lowest BCUT2D eigenvalue weighted by molar-refractivity contribution is 0.0950.